The molecule has 1 aliphatic heterocycles. The molecule has 1 aromatic heterocycles. The van der Waals surface area contributed by atoms with Gasteiger partial charge in [0.25, 0.3) is 0 Å². The Balaban J connectivity index is 1.77. The summed E-state index contributed by atoms with van der Waals surface area (Å²) < 4.78 is 5.53. The first kappa shape index (κ1) is 13.1. The van der Waals surface area contributed by atoms with Crippen LogP contribution in [0.5, 0.6) is 5.88 Å². The van der Waals surface area contributed by atoms with Crippen LogP contribution < -0.4 is 10.1 Å². The second-order valence-electron chi connectivity index (χ2n) is 4.86. The van der Waals surface area contributed by atoms with E-state index in [1.54, 1.807) is 12.3 Å². The third kappa shape index (κ3) is 4.14. The fourth-order valence-electron chi connectivity index (χ4n) is 2.07. The number of nitrogens with zero attached hydrogens (tertiary/aromatic N) is 3. The van der Waals surface area contributed by atoms with Crippen molar-refractivity contribution in [2.75, 3.05) is 31.5 Å². The molecule has 100 valence electrons. The van der Waals surface area contributed by atoms with Gasteiger partial charge in [-0.2, -0.15) is 4.98 Å². The Bertz CT molecular complexity index is 364. The molecule has 2 heterocycles. The van der Waals surface area contributed by atoms with Gasteiger partial charge in [0.15, 0.2) is 0 Å². The Labute approximate surface area is 109 Å². The molecular weight excluding hydrogens is 228 g/mol. The van der Waals surface area contributed by atoms with E-state index < -0.39 is 0 Å². The quantitative estimate of drug-likeness (QED) is 0.834. The van der Waals surface area contributed by atoms with Crippen LogP contribution >= 0.6 is 0 Å². The van der Waals surface area contributed by atoms with E-state index in [1.165, 1.54) is 25.9 Å². The number of likely N-dealkylation sites (tertiary alicyclic amines) is 1. The Kier molecular flexibility index (Phi) is 4.75. The Morgan fingerprint density at radius 1 is 1.39 bits per heavy atom. The molecule has 5 nitrogen and oxygen atoms in total. The Morgan fingerprint density at radius 3 is 2.89 bits per heavy atom. The third-order valence-electron chi connectivity index (χ3n) is 2.90. The first-order chi connectivity index (χ1) is 8.74. The van der Waals surface area contributed by atoms with Gasteiger partial charge < -0.3 is 15.0 Å². The molecule has 0 spiro atoms. The minimum atomic E-state index is 0.136. The molecule has 0 aliphatic carbocycles. The number of rotatable bonds is 6. The fraction of sp³-hybridized carbons (Fsp3) is 0.692. The minimum absolute atomic E-state index is 0.136. The van der Waals surface area contributed by atoms with Crippen molar-refractivity contribution in [1.29, 1.82) is 0 Å². The van der Waals surface area contributed by atoms with Gasteiger partial charge in [0.2, 0.25) is 11.8 Å². The van der Waals surface area contributed by atoms with Crippen LogP contribution in [0.25, 0.3) is 0 Å². The second kappa shape index (κ2) is 6.54. The van der Waals surface area contributed by atoms with Crippen molar-refractivity contribution in [2.45, 2.75) is 32.8 Å². The number of hydrogen-bond acceptors (Lipinski definition) is 5. The summed E-state index contributed by atoms with van der Waals surface area (Å²) in [5.74, 6) is 1.27. The zero-order valence-corrected chi connectivity index (χ0v) is 11.2. The normalized spacial score (nSPS) is 16.2. The highest BCUT2D eigenvalue weighted by Gasteiger charge is 2.10. The zero-order chi connectivity index (χ0) is 12.8. The van der Waals surface area contributed by atoms with Crippen LogP contribution in [0.4, 0.5) is 5.95 Å². The Hall–Kier alpha value is -1.36. The first-order valence-electron chi connectivity index (χ1n) is 6.70. The lowest BCUT2D eigenvalue weighted by Gasteiger charge is -2.15. The largest absolute Gasteiger partial charge is 0.475 e. The molecule has 1 aliphatic rings. The number of aromatic nitrogens is 2. The maximum Gasteiger partial charge on any atom is 0.225 e. The second-order valence-corrected chi connectivity index (χ2v) is 4.86. The molecular formula is C13H22N4O. The van der Waals surface area contributed by atoms with Crippen LogP contribution in [-0.2, 0) is 0 Å². The van der Waals surface area contributed by atoms with Crippen LogP contribution in [0.3, 0.4) is 0 Å². The number of hydrogen-bond donors (Lipinski definition) is 1. The van der Waals surface area contributed by atoms with E-state index in [9.17, 15) is 0 Å². The SMILES string of the molecule is CC(C)Oc1ccnc(NCCN2CCCC2)n1. The summed E-state index contributed by atoms with van der Waals surface area (Å²) in [4.78, 5) is 11.0. The number of nitrogens with one attached hydrogen (secondary N) is 1. The lowest BCUT2D eigenvalue weighted by atomic mass is 10.4. The maximum absolute atomic E-state index is 5.53. The molecule has 0 saturated carbocycles. The van der Waals surface area contributed by atoms with Gasteiger partial charge in [-0.1, -0.05) is 0 Å². The van der Waals surface area contributed by atoms with Gasteiger partial charge in [0.1, 0.15) is 0 Å². The molecule has 0 atom stereocenters. The van der Waals surface area contributed by atoms with Gasteiger partial charge in [-0.05, 0) is 39.8 Å². The first-order valence-corrected chi connectivity index (χ1v) is 6.70. The van der Waals surface area contributed by atoms with Crippen molar-refractivity contribution in [3.05, 3.63) is 12.3 Å². The van der Waals surface area contributed by atoms with Crippen molar-refractivity contribution in [3.63, 3.8) is 0 Å². The predicted molar refractivity (Wildman–Crippen MR) is 72.0 cm³/mol. The molecule has 1 N–H and O–H groups in total. The van der Waals surface area contributed by atoms with E-state index in [2.05, 4.69) is 20.2 Å². The van der Waals surface area contributed by atoms with E-state index in [0.717, 1.165) is 13.1 Å². The Morgan fingerprint density at radius 2 is 2.17 bits per heavy atom. The summed E-state index contributed by atoms with van der Waals surface area (Å²) in [6.07, 6.45) is 4.52. The smallest absolute Gasteiger partial charge is 0.225 e. The van der Waals surface area contributed by atoms with E-state index in [1.807, 2.05) is 13.8 Å². The average molecular weight is 250 g/mol. The fourth-order valence-corrected chi connectivity index (χ4v) is 2.07. The summed E-state index contributed by atoms with van der Waals surface area (Å²) in [6, 6.07) is 1.78. The van der Waals surface area contributed by atoms with Crippen LogP contribution in [0.1, 0.15) is 26.7 Å². The van der Waals surface area contributed by atoms with Gasteiger partial charge in [-0.3, -0.25) is 0 Å². The molecule has 1 fully saturated rings. The van der Waals surface area contributed by atoms with E-state index >= 15 is 0 Å². The van der Waals surface area contributed by atoms with Gasteiger partial charge in [-0.15, -0.1) is 0 Å². The molecule has 0 amide bonds. The van der Waals surface area contributed by atoms with E-state index in [-0.39, 0.29) is 6.10 Å². The van der Waals surface area contributed by atoms with E-state index in [0.29, 0.717) is 11.8 Å². The molecule has 18 heavy (non-hydrogen) atoms. The van der Waals surface area contributed by atoms with Crippen LogP contribution in [0.15, 0.2) is 12.3 Å². The van der Waals surface area contributed by atoms with Gasteiger partial charge in [0.05, 0.1) is 6.10 Å². The molecule has 0 unspecified atom stereocenters. The highest BCUT2D eigenvalue weighted by Crippen LogP contribution is 2.10. The third-order valence-corrected chi connectivity index (χ3v) is 2.90. The topological polar surface area (TPSA) is 50.3 Å². The molecule has 0 radical (unpaired) electrons. The van der Waals surface area contributed by atoms with Crippen molar-refractivity contribution in [3.8, 4) is 5.88 Å². The van der Waals surface area contributed by atoms with Crippen LogP contribution in [-0.4, -0.2) is 47.2 Å². The average Bonchev–Trinajstić information content (AvgIpc) is 2.82. The minimum Gasteiger partial charge on any atom is -0.475 e. The van der Waals surface area contributed by atoms with Gasteiger partial charge in [-0.25, -0.2) is 4.98 Å². The molecule has 1 saturated heterocycles. The summed E-state index contributed by atoms with van der Waals surface area (Å²) in [5.41, 5.74) is 0. The molecule has 2 rings (SSSR count). The molecule has 5 heteroatoms. The van der Waals surface area contributed by atoms with Crippen LogP contribution in [0, 0.1) is 0 Å². The van der Waals surface area contributed by atoms with Crippen molar-refractivity contribution < 1.29 is 4.74 Å². The highest BCUT2D eigenvalue weighted by molar-refractivity contribution is 5.27. The summed E-state index contributed by atoms with van der Waals surface area (Å²) >= 11 is 0. The number of ether oxygens (including phenoxy) is 1. The summed E-state index contributed by atoms with van der Waals surface area (Å²) in [7, 11) is 0. The maximum atomic E-state index is 5.53. The van der Waals surface area contributed by atoms with Crippen molar-refractivity contribution in [1.82, 2.24) is 14.9 Å². The predicted octanol–water partition coefficient (Wildman–Crippen LogP) is 1.77. The van der Waals surface area contributed by atoms with Crippen molar-refractivity contribution in [2.24, 2.45) is 0 Å². The molecule has 0 bridgehead atoms. The summed E-state index contributed by atoms with van der Waals surface area (Å²) in [6.45, 7) is 8.35. The lowest BCUT2D eigenvalue weighted by Crippen LogP contribution is -2.26. The standard InChI is InChI=1S/C13H22N4O/c1-11(2)18-12-5-6-14-13(16-12)15-7-10-17-8-3-4-9-17/h5-6,11H,3-4,7-10H2,1-2H3,(H,14,15,16). The highest BCUT2D eigenvalue weighted by atomic mass is 16.5. The zero-order valence-electron chi connectivity index (χ0n) is 11.2. The molecule has 1 aromatic rings. The van der Waals surface area contributed by atoms with Gasteiger partial charge >= 0.3 is 0 Å². The van der Waals surface area contributed by atoms with Crippen molar-refractivity contribution >= 4 is 5.95 Å². The van der Waals surface area contributed by atoms with Crippen LogP contribution in [0.2, 0.25) is 0 Å². The summed E-state index contributed by atoms with van der Waals surface area (Å²) in [5, 5.41) is 3.24. The molecule has 0 aromatic carbocycles. The van der Waals surface area contributed by atoms with Gasteiger partial charge in [0, 0.05) is 25.4 Å². The monoisotopic (exact) mass is 250 g/mol. The number of anilines is 1. The lowest BCUT2D eigenvalue weighted by molar-refractivity contribution is 0.232. The van der Waals surface area contributed by atoms with E-state index in [4.69, 9.17) is 4.74 Å².